The van der Waals surface area contributed by atoms with E-state index in [1.807, 2.05) is 24.3 Å². The van der Waals surface area contributed by atoms with Crippen LogP contribution in [0.2, 0.25) is 0 Å². The summed E-state index contributed by atoms with van der Waals surface area (Å²) in [5, 5.41) is 10.8. The lowest BCUT2D eigenvalue weighted by Crippen LogP contribution is -2.18. The molecule has 3 aromatic rings. The Bertz CT molecular complexity index is 848. The van der Waals surface area contributed by atoms with Crippen LogP contribution in [0, 0.1) is 5.82 Å². The number of nitrogens with one attached hydrogen (secondary N) is 2. The molecule has 2 N–H and O–H groups in total. The molecular weight excluding hydrogens is 391 g/mol. The fourth-order valence-corrected chi connectivity index (χ4v) is 2.64. The van der Waals surface area contributed by atoms with Crippen LogP contribution in [0.1, 0.15) is 5.56 Å². The number of nitrogens with zero attached hydrogens (tertiary/aromatic N) is 2. The Balaban J connectivity index is 1.60. The van der Waals surface area contributed by atoms with E-state index in [1.165, 1.54) is 6.07 Å². The Morgan fingerprint density at radius 2 is 1.79 bits per heavy atom. The van der Waals surface area contributed by atoms with E-state index < -0.39 is 0 Å². The van der Waals surface area contributed by atoms with Crippen molar-refractivity contribution in [1.29, 1.82) is 0 Å². The van der Waals surface area contributed by atoms with Crippen molar-refractivity contribution in [1.82, 2.24) is 9.78 Å². The molecule has 1 aromatic heterocycles. The maximum atomic E-state index is 13.7. The number of anilines is 2. The van der Waals surface area contributed by atoms with Gasteiger partial charge in [-0.15, -0.1) is 0 Å². The van der Waals surface area contributed by atoms with Gasteiger partial charge in [-0.05, 0) is 42.5 Å². The van der Waals surface area contributed by atoms with Gasteiger partial charge in [0.15, 0.2) is 5.11 Å². The summed E-state index contributed by atoms with van der Waals surface area (Å²) in [6.07, 6.45) is 3.43. The highest BCUT2D eigenvalue weighted by Gasteiger charge is 2.05. The normalized spacial score (nSPS) is 10.4. The number of halogens is 2. The molecule has 0 unspecified atom stereocenters. The van der Waals surface area contributed by atoms with Crippen molar-refractivity contribution in [3.63, 3.8) is 0 Å². The van der Waals surface area contributed by atoms with E-state index in [0.29, 0.717) is 17.2 Å². The van der Waals surface area contributed by atoms with Crippen molar-refractivity contribution in [2.24, 2.45) is 0 Å². The molecule has 0 spiro atoms. The first-order valence-corrected chi connectivity index (χ1v) is 8.40. The number of hydrogen-bond acceptors (Lipinski definition) is 2. The van der Waals surface area contributed by atoms with Gasteiger partial charge < -0.3 is 10.6 Å². The predicted molar refractivity (Wildman–Crippen MR) is 102 cm³/mol. The van der Waals surface area contributed by atoms with Crippen molar-refractivity contribution < 1.29 is 4.39 Å². The molecule has 2 aromatic carbocycles. The summed E-state index contributed by atoms with van der Waals surface area (Å²) in [7, 11) is 0. The summed E-state index contributed by atoms with van der Waals surface area (Å²) in [4.78, 5) is 0. The van der Waals surface area contributed by atoms with Crippen LogP contribution in [0.3, 0.4) is 0 Å². The zero-order valence-electron chi connectivity index (χ0n) is 12.5. The molecule has 0 amide bonds. The zero-order valence-corrected chi connectivity index (χ0v) is 14.9. The maximum Gasteiger partial charge on any atom is 0.175 e. The first-order valence-electron chi connectivity index (χ1n) is 7.19. The first-order chi connectivity index (χ1) is 11.6. The van der Waals surface area contributed by atoms with Crippen LogP contribution < -0.4 is 10.6 Å². The van der Waals surface area contributed by atoms with Crippen molar-refractivity contribution in [2.75, 3.05) is 10.6 Å². The fourth-order valence-electron chi connectivity index (χ4n) is 2.14. The second-order valence-electron chi connectivity index (χ2n) is 5.10. The van der Waals surface area contributed by atoms with E-state index in [9.17, 15) is 4.39 Å². The molecule has 1 heterocycles. The maximum absolute atomic E-state index is 13.7. The lowest BCUT2D eigenvalue weighted by atomic mass is 10.2. The number of hydrogen-bond donors (Lipinski definition) is 2. The largest absolute Gasteiger partial charge is 0.332 e. The molecule has 0 aliphatic rings. The summed E-state index contributed by atoms with van der Waals surface area (Å²) >= 11 is 8.67. The Hall–Kier alpha value is -2.25. The summed E-state index contributed by atoms with van der Waals surface area (Å²) in [5.41, 5.74) is 2.21. The summed E-state index contributed by atoms with van der Waals surface area (Å²) < 4.78 is 16.3. The third kappa shape index (κ3) is 4.39. The highest BCUT2D eigenvalue weighted by Crippen LogP contribution is 2.15. The molecule has 0 aliphatic heterocycles. The smallest absolute Gasteiger partial charge is 0.175 e. The van der Waals surface area contributed by atoms with Gasteiger partial charge in [0.05, 0.1) is 18.4 Å². The quantitative estimate of drug-likeness (QED) is 0.621. The third-order valence-electron chi connectivity index (χ3n) is 3.28. The molecule has 7 heteroatoms. The number of thiocarbonyl (C=S) groups is 1. The minimum Gasteiger partial charge on any atom is -0.332 e. The summed E-state index contributed by atoms with van der Waals surface area (Å²) in [5.74, 6) is -0.241. The van der Waals surface area contributed by atoms with E-state index in [0.717, 1.165) is 15.8 Å². The molecule has 0 saturated carbocycles. The van der Waals surface area contributed by atoms with Crippen LogP contribution in [0.25, 0.3) is 0 Å². The monoisotopic (exact) mass is 404 g/mol. The van der Waals surface area contributed by atoms with Crippen molar-refractivity contribution in [2.45, 2.75) is 6.54 Å². The van der Waals surface area contributed by atoms with Gasteiger partial charge in [0.2, 0.25) is 0 Å². The SMILES string of the molecule is Fc1ccccc1Cn1cc(NC(=S)Nc2ccc(Br)cc2)cn1. The number of aromatic nitrogens is 2. The molecule has 0 aliphatic carbocycles. The molecule has 0 bridgehead atoms. The minimum atomic E-state index is -0.241. The topological polar surface area (TPSA) is 41.9 Å². The minimum absolute atomic E-state index is 0.241. The van der Waals surface area contributed by atoms with Gasteiger partial charge >= 0.3 is 0 Å². The van der Waals surface area contributed by atoms with Crippen molar-refractivity contribution >= 4 is 44.6 Å². The zero-order chi connectivity index (χ0) is 16.9. The van der Waals surface area contributed by atoms with Crippen LogP contribution >= 0.6 is 28.1 Å². The molecule has 0 atom stereocenters. The Morgan fingerprint density at radius 1 is 1.08 bits per heavy atom. The Morgan fingerprint density at radius 3 is 2.54 bits per heavy atom. The van der Waals surface area contributed by atoms with Gasteiger partial charge in [0.25, 0.3) is 0 Å². The third-order valence-corrected chi connectivity index (χ3v) is 4.02. The van der Waals surface area contributed by atoms with Crippen molar-refractivity contribution in [3.8, 4) is 0 Å². The van der Waals surface area contributed by atoms with Crippen molar-refractivity contribution in [3.05, 3.63) is 76.8 Å². The Labute approximate surface area is 152 Å². The van der Waals surface area contributed by atoms with Gasteiger partial charge in [-0.2, -0.15) is 5.10 Å². The first kappa shape index (κ1) is 16.6. The van der Waals surface area contributed by atoms with E-state index in [4.69, 9.17) is 12.2 Å². The van der Waals surface area contributed by atoms with Gasteiger partial charge in [-0.1, -0.05) is 34.1 Å². The number of rotatable bonds is 4. The van der Waals surface area contributed by atoms with E-state index in [-0.39, 0.29) is 5.82 Å². The van der Waals surface area contributed by atoms with Gasteiger partial charge in [0.1, 0.15) is 5.82 Å². The molecule has 0 saturated heterocycles. The number of benzene rings is 2. The molecule has 3 rings (SSSR count). The average molecular weight is 405 g/mol. The van der Waals surface area contributed by atoms with Crippen LogP contribution in [0.4, 0.5) is 15.8 Å². The van der Waals surface area contributed by atoms with Crippen LogP contribution in [-0.4, -0.2) is 14.9 Å². The van der Waals surface area contributed by atoms with Gasteiger partial charge in [-0.25, -0.2) is 4.39 Å². The second-order valence-corrected chi connectivity index (χ2v) is 6.43. The van der Waals surface area contributed by atoms with E-state index in [2.05, 4.69) is 31.7 Å². The predicted octanol–water partition coefficient (Wildman–Crippen LogP) is 4.64. The fraction of sp³-hybridized carbons (Fsp3) is 0.0588. The highest BCUT2D eigenvalue weighted by atomic mass is 79.9. The van der Waals surface area contributed by atoms with Crippen LogP contribution in [0.5, 0.6) is 0 Å². The Kier molecular flexibility index (Phi) is 5.22. The van der Waals surface area contributed by atoms with Crippen LogP contribution in [0.15, 0.2) is 65.4 Å². The molecule has 0 fully saturated rings. The molecular formula is C17H14BrFN4S. The lowest BCUT2D eigenvalue weighted by molar-refractivity contribution is 0.585. The van der Waals surface area contributed by atoms with E-state index in [1.54, 1.807) is 35.3 Å². The summed E-state index contributed by atoms with van der Waals surface area (Å²) in [6.45, 7) is 0.362. The molecule has 4 nitrogen and oxygen atoms in total. The standard InChI is InChI=1S/C17H14BrFN4S/c18-13-5-7-14(8-6-13)21-17(24)22-15-9-20-23(11-15)10-12-3-1-2-4-16(12)19/h1-9,11H,10H2,(H2,21,22,24). The molecule has 0 radical (unpaired) electrons. The second kappa shape index (κ2) is 7.55. The molecule has 122 valence electrons. The highest BCUT2D eigenvalue weighted by molar-refractivity contribution is 9.10. The van der Waals surface area contributed by atoms with Crippen LogP contribution in [-0.2, 0) is 6.54 Å². The summed E-state index contributed by atoms with van der Waals surface area (Å²) in [6, 6.07) is 14.3. The van der Waals surface area contributed by atoms with Gasteiger partial charge in [0, 0.05) is 21.9 Å². The van der Waals surface area contributed by atoms with Gasteiger partial charge in [-0.3, -0.25) is 4.68 Å². The lowest BCUT2D eigenvalue weighted by Gasteiger charge is -2.08. The molecule has 24 heavy (non-hydrogen) atoms. The average Bonchev–Trinajstić information content (AvgIpc) is 2.99. The van der Waals surface area contributed by atoms with E-state index >= 15 is 0 Å².